The zero-order valence-electron chi connectivity index (χ0n) is 17.4. The van der Waals surface area contributed by atoms with Crippen LogP contribution in [-0.2, 0) is 21.3 Å². The summed E-state index contributed by atoms with van der Waals surface area (Å²) >= 11 is -2.09. The van der Waals surface area contributed by atoms with E-state index in [1.54, 1.807) is 23.2 Å². The second kappa shape index (κ2) is 10.9. The normalized spacial score (nSPS) is 17.3. The van der Waals surface area contributed by atoms with Gasteiger partial charge in [0.2, 0.25) is 0 Å². The van der Waals surface area contributed by atoms with Crippen molar-refractivity contribution in [2.45, 2.75) is 43.7 Å². The Labute approximate surface area is 195 Å². The summed E-state index contributed by atoms with van der Waals surface area (Å²) in [6.07, 6.45) is 11.1. The molecule has 4 rings (SSSR count). The minimum atomic E-state index is -2.09. The molecule has 0 saturated carbocycles. The number of hydrogen-bond acceptors (Lipinski definition) is 0. The molecule has 0 bridgehead atoms. The van der Waals surface area contributed by atoms with Gasteiger partial charge in [-0.15, -0.1) is 0 Å². The Morgan fingerprint density at radius 2 is 1.62 bits per heavy atom. The van der Waals surface area contributed by atoms with E-state index < -0.39 is 21.3 Å². The Hall–Kier alpha value is -1.01. The molecule has 0 radical (unpaired) electrons. The van der Waals surface area contributed by atoms with E-state index in [-0.39, 0.29) is 24.8 Å². The van der Waals surface area contributed by atoms with Crippen LogP contribution < -0.4 is 24.8 Å². The molecule has 0 N–H and O–H groups in total. The predicted molar refractivity (Wildman–Crippen MR) is 115 cm³/mol. The van der Waals surface area contributed by atoms with Gasteiger partial charge in [-0.1, -0.05) is 0 Å². The van der Waals surface area contributed by atoms with E-state index in [4.69, 9.17) is 0 Å². The molecular weight excluding hydrogens is 474 g/mol. The van der Waals surface area contributed by atoms with Crippen molar-refractivity contribution in [2.75, 3.05) is 0 Å². The Kier molecular flexibility index (Phi) is 9.08. The fraction of sp³-hybridized carbons (Fsp3) is 0.269. The van der Waals surface area contributed by atoms with Crippen LogP contribution in [0, 0.1) is 0 Å². The van der Waals surface area contributed by atoms with Gasteiger partial charge in [-0.2, -0.15) is 0 Å². The molecule has 0 fully saturated rings. The van der Waals surface area contributed by atoms with Crippen LogP contribution in [0.5, 0.6) is 0 Å². The van der Waals surface area contributed by atoms with Gasteiger partial charge in [-0.05, 0) is 0 Å². The summed E-state index contributed by atoms with van der Waals surface area (Å²) in [6.45, 7) is 7.06. The number of fused-ring (bicyclic) bond motifs is 1. The van der Waals surface area contributed by atoms with Crippen LogP contribution in [0.4, 0.5) is 0 Å². The first-order valence-electron chi connectivity index (χ1n) is 10.2. The van der Waals surface area contributed by atoms with Crippen molar-refractivity contribution in [2.24, 2.45) is 0 Å². The first-order chi connectivity index (χ1) is 13.2. The average Bonchev–Trinajstić information content (AvgIpc) is 3.33. The minimum absolute atomic E-state index is 0. The maximum absolute atomic E-state index is 2.61. The third-order valence-corrected chi connectivity index (χ3v) is 14.0. The molecule has 1 unspecified atom stereocenters. The van der Waals surface area contributed by atoms with E-state index in [1.807, 2.05) is 0 Å². The third kappa shape index (κ3) is 4.84. The molecule has 2 aliphatic rings. The van der Waals surface area contributed by atoms with E-state index in [0.717, 1.165) is 0 Å². The zero-order chi connectivity index (χ0) is 18.8. The summed E-state index contributed by atoms with van der Waals surface area (Å²) in [7, 11) is 0. The summed E-state index contributed by atoms with van der Waals surface area (Å²) < 4.78 is 4.10. The monoisotopic (exact) mass is 500 g/mol. The predicted octanol–water partition coefficient (Wildman–Crippen LogP) is 1.03. The van der Waals surface area contributed by atoms with Crippen LogP contribution >= 0.6 is 0 Å². The van der Waals surface area contributed by atoms with E-state index in [1.165, 1.54) is 30.4 Å². The van der Waals surface area contributed by atoms with Gasteiger partial charge >= 0.3 is 172 Å². The van der Waals surface area contributed by atoms with Crippen molar-refractivity contribution in [1.29, 1.82) is 0 Å². The van der Waals surface area contributed by atoms with Crippen LogP contribution in [0.25, 0.3) is 6.08 Å². The van der Waals surface area contributed by atoms with E-state index in [0.29, 0.717) is 3.63 Å². The van der Waals surface area contributed by atoms with Gasteiger partial charge in [0.15, 0.2) is 0 Å². The molecule has 2 aromatic carbocycles. The van der Waals surface area contributed by atoms with Crippen LogP contribution in [0.3, 0.4) is 0 Å². The molecule has 1 atom stereocenters. The molecular formula is C26H28Cl2Zr. The first-order valence-corrected chi connectivity index (χ1v) is 14.1. The van der Waals surface area contributed by atoms with E-state index in [2.05, 4.69) is 93.6 Å². The molecule has 0 heterocycles. The molecule has 2 aliphatic carbocycles. The third-order valence-electron chi connectivity index (χ3n) is 6.08. The SMILES string of the molecule is CCC1=C(CC)C[C](/[Zr+2](=[C](/C)c2ccccc2)[CH]2C=Cc3ccccc32)=C1.[Cl-].[Cl-]. The molecule has 29 heavy (non-hydrogen) atoms. The summed E-state index contributed by atoms with van der Waals surface area (Å²) in [5.74, 6) is 0. The maximum Gasteiger partial charge on any atom is -1.00 e. The second-order valence-corrected chi connectivity index (χ2v) is 14.5. The van der Waals surface area contributed by atoms with Gasteiger partial charge in [0.25, 0.3) is 0 Å². The van der Waals surface area contributed by atoms with E-state index >= 15 is 0 Å². The topological polar surface area (TPSA) is 0 Å². The Balaban J connectivity index is 0.00000150. The largest absolute Gasteiger partial charge is 1.00 e. The number of benzene rings is 2. The second-order valence-electron chi connectivity index (χ2n) is 7.55. The fourth-order valence-corrected chi connectivity index (χ4v) is 13.0. The smallest absolute Gasteiger partial charge is 1.00 e. The zero-order valence-corrected chi connectivity index (χ0v) is 21.4. The van der Waals surface area contributed by atoms with Crippen molar-refractivity contribution in [3.8, 4) is 0 Å². The molecule has 2 aromatic rings. The maximum atomic E-state index is 2.61. The van der Waals surface area contributed by atoms with Gasteiger partial charge in [0.1, 0.15) is 0 Å². The van der Waals surface area contributed by atoms with Crippen LogP contribution in [0.2, 0.25) is 0 Å². The van der Waals surface area contributed by atoms with Gasteiger partial charge in [0.05, 0.1) is 0 Å². The quantitative estimate of drug-likeness (QED) is 0.573. The molecule has 0 nitrogen and oxygen atoms in total. The summed E-state index contributed by atoms with van der Waals surface area (Å²) in [6, 6.07) is 20.2. The fourth-order valence-electron chi connectivity index (χ4n) is 4.60. The van der Waals surface area contributed by atoms with Gasteiger partial charge in [0, 0.05) is 0 Å². The number of rotatable bonds is 5. The Morgan fingerprint density at radius 3 is 2.28 bits per heavy atom. The molecule has 0 amide bonds. The molecule has 0 aromatic heterocycles. The van der Waals surface area contributed by atoms with Crippen molar-refractivity contribution in [1.82, 2.24) is 0 Å². The number of hydrogen-bond donors (Lipinski definition) is 0. The number of allylic oxidation sites excluding steroid dienone is 5. The van der Waals surface area contributed by atoms with Gasteiger partial charge in [-0.3, -0.25) is 0 Å². The van der Waals surface area contributed by atoms with Crippen molar-refractivity contribution >= 4 is 9.28 Å². The van der Waals surface area contributed by atoms with Crippen molar-refractivity contribution in [3.05, 3.63) is 97.9 Å². The average molecular weight is 503 g/mol. The van der Waals surface area contributed by atoms with E-state index in [9.17, 15) is 0 Å². The van der Waals surface area contributed by atoms with Crippen LogP contribution in [-0.4, -0.2) is 3.21 Å². The molecule has 0 saturated heterocycles. The Bertz CT molecular complexity index is 981. The first kappa shape index (κ1) is 24.3. The minimum Gasteiger partial charge on any atom is -1.00 e. The molecule has 3 heteroatoms. The molecule has 0 aliphatic heterocycles. The van der Waals surface area contributed by atoms with Crippen LogP contribution in [0.15, 0.2) is 81.2 Å². The van der Waals surface area contributed by atoms with Crippen molar-refractivity contribution < 1.29 is 46.1 Å². The molecule has 150 valence electrons. The summed E-state index contributed by atoms with van der Waals surface area (Å²) in [5, 5.41) is 0. The van der Waals surface area contributed by atoms with Crippen LogP contribution in [0.1, 0.15) is 60.3 Å². The summed E-state index contributed by atoms with van der Waals surface area (Å²) in [5.41, 5.74) is 7.74. The summed E-state index contributed by atoms with van der Waals surface area (Å²) in [4.78, 5) is 0. The molecule has 0 spiro atoms. The van der Waals surface area contributed by atoms with Gasteiger partial charge in [-0.25, -0.2) is 0 Å². The standard InChI is InChI=1S/C9H7.C9H13.C8H8.2ClH.Zr/c1-2-5-9-7-3-6-8(9)4-1;1-3-8-6-5-7-9(8)4-2;1-2-8-6-4-3-5-7-8;;;/h1-7H;6H,3-4,7H2,1-2H3;3-7H,1H3;2*1H;/q;;;;;+2/p-2. The Morgan fingerprint density at radius 1 is 0.931 bits per heavy atom. The number of halogens is 2. The van der Waals surface area contributed by atoms with Crippen molar-refractivity contribution in [3.63, 3.8) is 0 Å². The van der Waals surface area contributed by atoms with Gasteiger partial charge < -0.3 is 24.8 Å².